The number of anilines is 1. The van der Waals surface area contributed by atoms with E-state index in [4.69, 9.17) is 10.5 Å². The van der Waals surface area contributed by atoms with Gasteiger partial charge in [-0.15, -0.1) is 11.3 Å². The molecule has 0 bridgehead atoms. The van der Waals surface area contributed by atoms with Crippen LogP contribution in [-0.4, -0.2) is 12.6 Å². The summed E-state index contributed by atoms with van der Waals surface area (Å²) in [6, 6.07) is 0. The van der Waals surface area contributed by atoms with Crippen LogP contribution >= 0.6 is 11.3 Å². The molecule has 1 unspecified atom stereocenters. The summed E-state index contributed by atoms with van der Waals surface area (Å²) in [5.41, 5.74) is 7.78. The molecule has 1 heterocycles. The minimum absolute atomic E-state index is 0.242. The molecule has 1 aromatic rings. The summed E-state index contributed by atoms with van der Waals surface area (Å²) >= 11 is 1.56. The molecule has 0 fully saturated rings. The molecule has 2 rings (SSSR count). The summed E-state index contributed by atoms with van der Waals surface area (Å²) in [5, 5.41) is 0.628. The first-order valence-corrected chi connectivity index (χ1v) is 7.37. The number of nitrogens with two attached hydrogens (primary N) is 1. The molecule has 0 saturated heterocycles. The number of carbonyl (C=O) groups is 1. The molecule has 1 aliphatic carbocycles. The minimum atomic E-state index is -0.242. The first kappa shape index (κ1) is 13.4. The van der Waals surface area contributed by atoms with Crippen molar-refractivity contribution in [2.45, 2.75) is 40.0 Å². The molecule has 0 saturated carbocycles. The van der Waals surface area contributed by atoms with Crippen molar-refractivity contribution in [3.8, 4) is 0 Å². The Balaban J connectivity index is 2.20. The number of esters is 1. The number of hydrogen-bond donors (Lipinski definition) is 1. The quantitative estimate of drug-likeness (QED) is 0.855. The molecule has 0 aromatic carbocycles. The summed E-state index contributed by atoms with van der Waals surface area (Å²) in [4.78, 5) is 13.4. The molecule has 1 aliphatic rings. The van der Waals surface area contributed by atoms with Crippen molar-refractivity contribution in [1.82, 2.24) is 0 Å². The predicted molar refractivity (Wildman–Crippen MR) is 75.0 cm³/mol. The van der Waals surface area contributed by atoms with Crippen LogP contribution in [0.1, 0.15) is 48.0 Å². The monoisotopic (exact) mass is 267 g/mol. The van der Waals surface area contributed by atoms with Crippen LogP contribution in [0.3, 0.4) is 0 Å². The van der Waals surface area contributed by atoms with Gasteiger partial charge in [-0.25, -0.2) is 4.79 Å². The second-order valence-electron chi connectivity index (χ2n) is 5.58. The highest BCUT2D eigenvalue weighted by Crippen LogP contribution is 2.38. The molecule has 4 heteroatoms. The maximum atomic E-state index is 12.1. The molecule has 1 atom stereocenters. The Hall–Kier alpha value is -1.03. The maximum Gasteiger partial charge on any atom is 0.341 e. The van der Waals surface area contributed by atoms with E-state index in [1.54, 1.807) is 11.3 Å². The van der Waals surface area contributed by atoms with Crippen LogP contribution in [0.5, 0.6) is 0 Å². The van der Waals surface area contributed by atoms with Gasteiger partial charge in [0.25, 0.3) is 0 Å². The summed E-state index contributed by atoms with van der Waals surface area (Å²) in [7, 11) is 0. The van der Waals surface area contributed by atoms with Crippen LogP contribution in [0.15, 0.2) is 0 Å². The van der Waals surface area contributed by atoms with Crippen molar-refractivity contribution in [3.05, 3.63) is 16.0 Å². The van der Waals surface area contributed by atoms with E-state index in [9.17, 15) is 4.79 Å². The molecule has 3 nitrogen and oxygen atoms in total. The van der Waals surface area contributed by atoms with Crippen LogP contribution in [0.25, 0.3) is 0 Å². The molecule has 0 spiro atoms. The Morgan fingerprint density at radius 1 is 1.56 bits per heavy atom. The average molecular weight is 267 g/mol. The molecule has 1 aromatic heterocycles. The van der Waals surface area contributed by atoms with E-state index >= 15 is 0 Å². The molecule has 0 aliphatic heterocycles. The lowest BCUT2D eigenvalue weighted by Crippen LogP contribution is -2.15. The Labute approximate surface area is 112 Å². The molecular weight excluding hydrogens is 246 g/mol. The van der Waals surface area contributed by atoms with E-state index in [1.807, 2.05) is 13.8 Å². The van der Waals surface area contributed by atoms with Gasteiger partial charge in [0.15, 0.2) is 0 Å². The number of ether oxygens (including phenoxy) is 1. The van der Waals surface area contributed by atoms with E-state index in [0.29, 0.717) is 29.0 Å². The number of nitrogen functional groups attached to an aromatic ring is 1. The zero-order chi connectivity index (χ0) is 13.3. The number of carbonyl (C=O) groups excluding carboxylic acids is 1. The van der Waals surface area contributed by atoms with Crippen LogP contribution in [0.4, 0.5) is 5.00 Å². The number of thiophene rings is 1. The lowest BCUT2D eigenvalue weighted by atomic mass is 9.88. The second-order valence-corrected chi connectivity index (χ2v) is 6.72. The zero-order valence-corrected chi connectivity index (χ0v) is 12.1. The van der Waals surface area contributed by atoms with E-state index in [0.717, 1.165) is 24.8 Å². The Kier molecular flexibility index (Phi) is 3.95. The molecule has 0 amide bonds. The van der Waals surface area contributed by atoms with Gasteiger partial charge < -0.3 is 10.5 Å². The third kappa shape index (κ3) is 2.69. The Morgan fingerprint density at radius 2 is 2.28 bits per heavy atom. The molecular formula is C14H21NO2S. The van der Waals surface area contributed by atoms with Gasteiger partial charge in [0.05, 0.1) is 12.2 Å². The van der Waals surface area contributed by atoms with Crippen molar-refractivity contribution in [1.29, 1.82) is 0 Å². The normalized spacial score (nSPS) is 18.8. The van der Waals surface area contributed by atoms with Crippen molar-refractivity contribution in [3.63, 3.8) is 0 Å². The van der Waals surface area contributed by atoms with Crippen molar-refractivity contribution in [2.75, 3.05) is 12.3 Å². The SMILES string of the molecule is CC(C)COC(=O)c1c(N)sc2c1CCC(C)C2. The molecule has 2 N–H and O–H groups in total. The van der Waals surface area contributed by atoms with Crippen LogP contribution in [-0.2, 0) is 17.6 Å². The number of hydrogen-bond acceptors (Lipinski definition) is 4. The van der Waals surface area contributed by atoms with Crippen LogP contribution < -0.4 is 5.73 Å². The highest BCUT2D eigenvalue weighted by atomic mass is 32.1. The summed E-state index contributed by atoms with van der Waals surface area (Å²) in [6.45, 7) is 6.76. The minimum Gasteiger partial charge on any atom is -0.462 e. The fourth-order valence-electron chi connectivity index (χ4n) is 2.31. The highest BCUT2D eigenvalue weighted by molar-refractivity contribution is 7.16. The molecule has 100 valence electrons. The van der Waals surface area contributed by atoms with Crippen LogP contribution in [0.2, 0.25) is 0 Å². The second kappa shape index (κ2) is 5.31. The average Bonchev–Trinajstić information content (AvgIpc) is 2.61. The van der Waals surface area contributed by atoms with Crippen LogP contribution in [0, 0.1) is 11.8 Å². The highest BCUT2D eigenvalue weighted by Gasteiger charge is 2.27. The van der Waals surface area contributed by atoms with Crippen molar-refractivity contribution in [2.24, 2.45) is 11.8 Å². The zero-order valence-electron chi connectivity index (χ0n) is 11.3. The first-order valence-electron chi connectivity index (χ1n) is 6.56. The summed E-state index contributed by atoms with van der Waals surface area (Å²) in [5.74, 6) is 0.799. The van der Waals surface area contributed by atoms with Gasteiger partial charge in [-0.1, -0.05) is 20.8 Å². The predicted octanol–water partition coefficient (Wildman–Crippen LogP) is 3.27. The smallest absolute Gasteiger partial charge is 0.341 e. The molecule has 0 radical (unpaired) electrons. The summed E-state index contributed by atoms with van der Waals surface area (Å²) in [6.07, 6.45) is 3.13. The van der Waals surface area contributed by atoms with E-state index in [1.165, 1.54) is 4.88 Å². The van der Waals surface area contributed by atoms with Crippen molar-refractivity contribution < 1.29 is 9.53 Å². The van der Waals surface area contributed by atoms with Gasteiger partial charge in [-0.3, -0.25) is 0 Å². The maximum absolute atomic E-state index is 12.1. The van der Waals surface area contributed by atoms with E-state index < -0.39 is 0 Å². The van der Waals surface area contributed by atoms with E-state index in [2.05, 4.69) is 6.92 Å². The number of fused-ring (bicyclic) bond motifs is 1. The fraction of sp³-hybridized carbons (Fsp3) is 0.643. The summed E-state index contributed by atoms with van der Waals surface area (Å²) < 4.78 is 5.31. The van der Waals surface area contributed by atoms with Gasteiger partial charge in [0.2, 0.25) is 0 Å². The largest absolute Gasteiger partial charge is 0.462 e. The van der Waals surface area contributed by atoms with Crippen molar-refractivity contribution >= 4 is 22.3 Å². The van der Waals surface area contributed by atoms with Gasteiger partial charge in [-0.05, 0) is 36.7 Å². The van der Waals surface area contributed by atoms with Gasteiger partial charge in [0.1, 0.15) is 5.00 Å². The Bertz CT molecular complexity index is 451. The number of rotatable bonds is 3. The topological polar surface area (TPSA) is 52.3 Å². The Morgan fingerprint density at radius 3 is 2.94 bits per heavy atom. The first-order chi connectivity index (χ1) is 8.49. The van der Waals surface area contributed by atoms with Gasteiger partial charge in [0, 0.05) is 4.88 Å². The van der Waals surface area contributed by atoms with E-state index in [-0.39, 0.29) is 5.97 Å². The fourth-order valence-corrected chi connectivity index (χ4v) is 3.58. The third-order valence-electron chi connectivity index (χ3n) is 3.29. The molecule has 18 heavy (non-hydrogen) atoms. The standard InChI is InChI=1S/C14H21NO2S/c1-8(2)7-17-14(16)12-10-5-4-9(3)6-11(10)18-13(12)15/h8-9H,4-7,15H2,1-3H3. The van der Waals surface area contributed by atoms with Gasteiger partial charge in [-0.2, -0.15) is 0 Å². The lowest BCUT2D eigenvalue weighted by molar-refractivity contribution is 0.0459. The third-order valence-corrected chi connectivity index (χ3v) is 4.37. The lowest BCUT2D eigenvalue weighted by Gasteiger charge is -2.18. The van der Waals surface area contributed by atoms with Gasteiger partial charge >= 0.3 is 5.97 Å².